The fourth-order valence-corrected chi connectivity index (χ4v) is 4.96. The number of hydrogen-bond acceptors (Lipinski definition) is 4. The monoisotopic (exact) mass is 498 g/mol. The molecule has 1 amide bonds. The van der Waals surface area contributed by atoms with E-state index in [0.29, 0.717) is 11.2 Å². The van der Waals surface area contributed by atoms with Crippen LogP contribution >= 0.6 is 22.9 Å². The second-order valence-electron chi connectivity index (χ2n) is 9.16. The van der Waals surface area contributed by atoms with E-state index in [1.807, 2.05) is 24.3 Å². The lowest BCUT2D eigenvalue weighted by atomic mass is 9.91. The van der Waals surface area contributed by atoms with E-state index < -0.39 is 16.8 Å². The molecular weight excluding hydrogens is 475 g/mol. The van der Waals surface area contributed by atoms with E-state index in [1.165, 1.54) is 34.9 Å². The number of carbonyl (C=O) groups is 2. The summed E-state index contributed by atoms with van der Waals surface area (Å²) in [7, 11) is 0. The number of fused-ring (bicyclic) bond motifs is 1. The van der Waals surface area contributed by atoms with Crippen LogP contribution in [0.5, 0.6) is 0 Å². The highest BCUT2D eigenvalue weighted by Crippen LogP contribution is 2.27. The van der Waals surface area contributed by atoms with Gasteiger partial charge in [-0.15, -0.1) is 11.3 Å². The van der Waals surface area contributed by atoms with Gasteiger partial charge in [0, 0.05) is 29.3 Å². The minimum atomic E-state index is -0.665. The number of thiazole rings is 1. The van der Waals surface area contributed by atoms with Gasteiger partial charge in [-0.2, -0.15) is 0 Å². The molecule has 4 rings (SSSR count). The smallest absolute Gasteiger partial charge is 0.269 e. The van der Waals surface area contributed by atoms with Crippen LogP contribution in [0.15, 0.2) is 47.3 Å². The van der Waals surface area contributed by atoms with Gasteiger partial charge in [0.2, 0.25) is 5.91 Å². The molecule has 1 aliphatic heterocycles. The Labute approximate surface area is 205 Å². The Hall–Kier alpha value is -3.03. The van der Waals surface area contributed by atoms with E-state index in [4.69, 9.17) is 11.6 Å². The van der Waals surface area contributed by atoms with Crippen LogP contribution in [0, 0.1) is 11.2 Å². The lowest BCUT2D eigenvalue weighted by Gasteiger charge is -2.17. The van der Waals surface area contributed by atoms with Gasteiger partial charge < -0.3 is 4.90 Å². The molecule has 2 aromatic carbocycles. The number of Topliss-reactive ketones (excluding diaryl/α,β-unsaturated/α-hetero) is 1. The quantitative estimate of drug-likeness (QED) is 0.553. The van der Waals surface area contributed by atoms with Crippen LogP contribution in [0.3, 0.4) is 0 Å². The molecular formula is C26H24ClFN2O3S. The van der Waals surface area contributed by atoms with Crippen molar-refractivity contribution >= 4 is 52.5 Å². The van der Waals surface area contributed by atoms with Gasteiger partial charge in [0.1, 0.15) is 17.0 Å². The number of aromatic nitrogens is 1. The van der Waals surface area contributed by atoms with Crippen LogP contribution in [-0.4, -0.2) is 22.8 Å². The molecule has 0 fully saturated rings. The summed E-state index contributed by atoms with van der Waals surface area (Å²) in [6.45, 7) is 5.63. The first kappa shape index (κ1) is 24.1. The fraction of sp³-hybridized carbons (Fsp3) is 0.269. The number of benzene rings is 2. The van der Waals surface area contributed by atoms with Crippen molar-refractivity contribution in [2.24, 2.45) is 5.41 Å². The summed E-state index contributed by atoms with van der Waals surface area (Å²) < 4.78 is 16.2. The van der Waals surface area contributed by atoms with Gasteiger partial charge in [0.15, 0.2) is 5.78 Å². The third-order valence-electron chi connectivity index (χ3n) is 5.69. The average Bonchev–Trinajstić information content (AvgIpc) is 3.32. The van der Waals surface area contributed by atoms with Gasteiger partial charge in [0.05, 0.1) is 9.55 Å². The average molecular weight is 499 g/mol. The van der Waals surface area contributed by atoms with Crippen molar-refractivity contribution in [1.29, 1.82) is 0 Å². The molecule has 3 aromatic rings. The first-order valence-electron chi connectivity index (χ1n) is 10.9. The maximum absolute atomic E-state index is 14.4. The van der Waals surface area contributed by atoms with Gasteiger partial charge in [-0.05, 0) is 36.3 Å². The number of amides is 1. The highest BCUT2D eigenvalue weighted by atomic mass is 35.5. The summed E-state index contributed by atoms with van der Waals surface area (Å²) in [6, 6.07) is 11.9. The Bertz CT molecular complexity index is 1450. The Balaban J connectivity index is 1.82. The molecule has 0 unspecified atom stereocenters. The highest BCUT2D eigenvalue weighted by molar-refractivity contribution is 7.07. The summed E-state index contributed by atoms with van der Waals surface area (Å²) in [4.78, 5) is 40.9. The van der Waals surface area contributed by atoms with Crippen LogP contribution in [0.4, 0.5) is 10.1 Å². The lowest BCUT2D eigenvalue weighted by molar-refractivity contribution is -0.120. The zero-order chi connectivity index (χ0) is 24.6. The van der Waals surface area contributed by atoms with E-state index in [1.54, 1.807) is 25.7 Å². The number of rotatable bonds is 4. The predicted octanol–water partition coefficient (Wildman–Crippen LogP) is 3.52. The van der Waals surface area contributed by atoms with Gasteiger partial charge in [0.25, 0.3) is 5.56 Å². The largest absolute Gasteiger partial charge is 0.310 e. The number of halogens is 2. The van der Waals surface area contributed by atoms with Crippen molar-refractivity contribution in [1.82, 2.24) is 4.57 Å². The van der Waals surface area contributed by atoms with Crippen molar-refractivity contribution in [3.63, 3.8) is 0 Å². The molecule has 0 N–H and O–H groups in total. The lowest BCUT2D eigenvalue weighted by Crippen LogP contribution is -2.40. The van der Waals surface area contributed by atoms with Crippen molar-refractivity contribution in [3.8, 4) is 0 Å². The number of nitrogens with zero attached hydrogens (tertiary/aromatic N) is 2. The molecule has 0 atom stereocenters. The van der Waals surface area contributed by atoms with Crippen molar-refractivity contribution in [3.05, 3.63) is 84.0 Å². The van der Waals surface area contributed by atoms with E-state index >= 15 is 0 Å². The molecule has 0 saturated heterocycles. The van der Waals surface area contributed by atoms with E-state index in [2.05, 4.69) is 0 Å². The topological polar surface area (TPSA) is 59.4 Å². The Morgan fingerprint density at radius 1 is 1.15 bits per heavy atom. The number of carbonyl (C=O) groups excluding carboxylic acids is 2. The van der Waals surface area contributed by atoms with Crippen LogP contribution in [0.2, 0.25) is 5.02 Å². The van der Waals surface area contributed by atoms with Gasteiger partial charge in [-0.1, -0.05) is 56.6 Å². The molecule has 8 heteroatoms. The molecule has 34 heavy (non-hydrogen) atoms. The first-order valence-corrected chi connectivity index (χ1v) is 12.1. The molecule has 0 radical (unpaired) electrons. The number of para-hydroxylation sites is 1. The first-order chi connectivity index (χ1) is 16.1. The SMILES string of the molecule is CC(C)(C)C(=O)/C=c1\s/c(=C\c2c(F)cccc2Cl)c(=O)n1CC(=O)N1CCc2ccccc21. The highest BCUT2D eigenvalue weighted by Gasteiger charge is 2.26. The third-order valence-corrected chi connectivity index (χ3v) is 7.08. The second-order valence-corrected chi connectivity index (χ2v) is 10.6. The van der Waals surface area contributed by atoms with Crippen molar-refractivity contribution in [2.45, 2.75) is 33.7 Å². The maximum Gasteiger partial charge on any atom is 0.269 e. The molecule has 1 aliphatic rings. The molecule has 176 valence electrons. The van der Waals surface area contributed by atoms with Gasteiger partial charge in [-0.25, -0.2) is 4.39 Å². The summed E-state index contributed by atoms with van der Waals surface area (Å²) in [5.41, 5.74) is 0.853. The second kappa shape index (κ2) is 9.31. The predicted molar refractivity (Wildman–Crippen MR) is 134 cm³/mol. The van der Waals surface area contributed by atoms with E-state index in [-0.39, 0.29) is 33.4 Å². The summed E-state index contributed by atoms with van der Waals surface area (Å²) in [6.07, 6.45) is 3.50. The van der Waals surface area contributed by atoms with E-state index in [9.17, 15) is 18.8 Å². The van der Waals surface area contributed by atoms with Crippen LogP contribution in [-0.2, 0) is 22.6 Å². The van der Waals surface area contributed by atoms with Crippen molar-refractivity contribution in [2.75, 3.05) is 11.4 Å². The zero-order valence-corrected chi connectivity index (χ0v) is 20.7. The minimum absolute atomic E-state index is 0.0863. The molecule has 0 aliphatic carbocycles. The molecule has 0 bridgehead atoms. The van der Waals surface area contributed by atoms with Crippen molar-refractivity contribution < 1.29 is 14.0 Å². The minimum Gasteiger partial charge on any atom is -0.310 e. The fourth-order valence-electron chi connectivity index (χ4n) is 3.72. The third kappa shape index (κ3) is 4.76. The summed E-state index contributed by atoms with van der Waals surface area (Å²) in [5, 5.41) is 0.167. The number of ketones is 1. The van der Waals surface area contributed by atoms with Crippen LogP contribution in [0.1, 0.15) is 31.9 Å². The molecule has 1 aromatic heterocycles. The van der Waals surface area contributed by atoms with E-state index in [0.717, 1.165) is 29.0 Å². The molecule has 5 nitrogen and oxygen atoms in total. The maximum atomic E-state index is 14.4. The zero-order valence-electron chi connectivity index (χ0n) is 19.1. The Kier molecular flexibility index (Phi) is 6.60. The van der Waals surface area contributed by atoms with Crippen LogP contribution < -0.4 is 19.7 Å². The van der Waals surface area contributed by atoms with Gasteiger partial charge in [-0.3, -0.25) is 19.0 Å². The standard InChI is InChI=1S/C26H24ClFN2O3S/c1-26(2,3)22(31)14-24-30(15-23(32)29-12-11-16-7-4-5-10-20(16)29)25(33)21(34-24)13-17-18(27)8-6-9-19(17)28/h4-10,13-14H,11-12,15H2,1-3H3/b21-13-,24-14-. The Morgan fingerprint density at radius 2 is 1.88 bits per heavy atom. The Morgan fingerprint density at radius 3 is 2.59 bits per heavy atom. The van der Waals surface area contributed by atoms with Gasteiger partial charge >= 0.3 is 0 Å². The normalized spacial score (nSPS) is 14.6. The molecule has 0 spiro atoms. The molecule has 0 saturated carbocycles. The van der Waals surface area contributed by atoms with Crippen LogP contribution in [0.25, 0.3) is 12.2 Å². The summed E-state index contributed by atoms with van der Waals surface area (Å²) >= 11 is 7.18. The number of hydrogen-bond donors (Lipinski definition) is 0. The summed E-state index contributed by atoms with van der Waals surface area (Å²) in [5.74, 6) is -0.997. The molecule has 2 heterocycles. The number of anilines is 1.